The smallest absolute Gasteiger partial charge is 0.229 e. The van der Waals surface area contributed by atoms with E-state index in [9.17, 15) is 4.79 Å². The third-order valence-electron chi connectivity index (χ3n) is 1.55. The molecule has 14 heavy (non-hydrogen) atoms. The predicted molar refractivity (Wildman–Crippen MR) is 47.8 cm³/mol. The van der Waals surface area contributed by atoms with Gasteiger partial charge in [0, 0.05) is 14.1 Å². The molecule has 0 fully saturated rings. The number of carbonyl (C=O) groups excluding carboxylic acids is 1. The average molecular weight is 197 g/mol. The van der Waals surface area contributed by atoms with Crippen molar-refractivity contribution in [3.8, 4) is 11.8 Å². The molecule has 1 amide bonds. The van der Waals surface area contributed by atoms with Crippen LogP contribution in [0, 0.1) is 0 Å². The summed E-state index contributed by atoms with van der Waals surface area (Å²) >= 11 is 0. The van der Waals surface area contributed by atoms with Crippen molar-refractivity contribution in [2.24, 2.45) is 0 Å². The highest BCUT2D eigenvalue weighted by Gasteiger charge is 2.09. The van der Waals surface area contributed by atoms with Gasteiger partial charge in [0.25, 0.3) is 0 Å². The van der Waals surface area contributed by atoms with E-state index in [2.05, 4.69) is 9.97 Å². The van der Waals surface area contributed by atoms with E-state index in [0.717, 1.165) is 6.07 Å². The molecule has 0 atom stereocenters. The molecule has 0 aliphatic heterocycles. The van der Waals surface area contributed by atoms with Crippen molar-refractivity contribution < 1.29 is 15.0 Å². The van der Waals surface area contributed by atoms with Gasteiger partial charge in [-0.05, 0) is 0 Å². The molecule has 0 saturated heterocycles. The number of hydrogen-bond donors (Lipinski definition) is 2. The number of rotatable bonds is 2. The van der Waals surface area contributed by atoms with E-state index in [1.807, 2.05) is 0 Å². The number of nitrogens with zero attached hydrogens (tertiary/aromatic N) is 3. The first-order valence-electron chi connectivity index (χ1n) is 3.95. The molecule has 0 aliphatic carbocycles. The van der Waals surface area contributed by atoms with Crippen LogP contribution in [0.2, 0.25) is 0 Å². The zero-order chi connectivity index (χ0) is 10.7. The Balaban J connectivity index is 2.82. The Hall–Kier alpha value is -1.85. The lowest BCUT2D eigenvalue weighted by Gasteiger charge is -2.08. The van der Waals surface area contributed by atoms with E-state index in [0.29, 0.717) is 0 Å². The summed E-state index contributed by atoms with van der Waals surface area (Å²) in [5.41, 5.74) is 0. The number of carbonyl (C=O) groups is 1. The van der Waals surface area contributed by atoms with Gasteiger partial charge in [0.1, 0.15) is 5.82 Å². The molecule has 0 aliphatic rings. The van der Waals surface area contributed by atoms with Crippen molar-refractivity contribution in [3.05, 3.63) is 11.9 Å². The summed E-state index contributed by atoms with van der Waals surface area (Å²) in [6.45, 7) is 0. The molecule has 0 radical (unpaired) electrons. The van der Waals surface area contributed by atoms with Crippen molar-refractivity contribution in [2.75, 3.05) is 14.1 Å². The maximum atomic E-state index is 11.2. The van der Waals surface area contributed by atoms with E-state index in [4.69, 9.17) is 10.2 Å². The molecule has 1 heterocycles. The third-order valence-corrected chi connectivity index (χ3v) is 1.55. The fourth-order valence-electron chi connectivity index (χ4n) is 0.842. The van der Waals surface area contributed by atoms with Crippen LogP contribution in [-0.2, 0) is 11.2 Å². The van der Waals surface area contributed by atoms with Gasteiger partial charge in [0.15, 0.2) is 0 Å². The lowest BCUT2D eigenvalue weighted by atomic mass is 10.3. The molecular weight excluding hydrogens is 186 g/mol. The molecular formula is C8H11N3O3. The molecule has 1 aromatic rings. The second-order valence-electron chi connectivity index (χ2n) is 2.97. The third kappa shape index (κ3) is 2.58. The summed E-state index contributed by atoms with van der Waals surface area (Å²) in [5, 5.41) is 18.0. The summed E-state index contributed by atoms with van der Waals surface area (Å²) in [5.74, 6) is -0.797. The Labute approximate surface area is 80.8 Å². The molecule has 0 spiro atoms. The molecule has 6 nitrogen and oxygen atoms in total. The Bertz CT molecular complexity index is 331. The quantitative estimate of drug-likeness (QED) is 0.668. The number of amides is 1. The van der Waals surface area contributed by atoms with Gasteiger partial charge in [-0.25, -0.2) is 0 Å². The van der Waals surface area contributed by atoms with Gasteiger partial charge in [-0.1, -0.05) is 0 Å². The minimum absolute atomic E-state index is 0.0467. The lowest BCUT2D eigenvalue weighted by molar-refractivity contribution is -0.128. The highest BCUT2D eigenvalue weighted by Crippen LogP contribution is 2.12. The number of aromatic hydroxyl groups is 2. The van der Waals surface area contributed by atoms with E-state index in [1.165, 1.54) is 4.90 Å². The molecule has 0 saturated carbocycles. The molecule has 6 heteroatoms. The zero-order valence-electron chi connectivity index (χ0n) is 7.93. The van der Waals surface area contributed by atoms with E-state index in [1.54, 1.807) is 14.1 Å². The first-order valence-corrected chi connectivity index (χ1v) is 3.95. The van der Waals surface area contributed by atoms with Gasteiger partial charge in [-0.3, -0.25) is 4.79 Å². The van der Waals surface area contributed by atoms with E-state index < -0.39 is 0 Å². The fraction of sp³-hybridized carbons (Fsp3) is 0.375. The van der Waals surface area contributed by atoms with Crippen molar-refractivity contribution >= 4 is 5.91 Å². The summed E-state index contributed by atoms with van der Waals surface area (Å²) in [6, 6.07) is 1.00. The van der Waals surface area contributed by atoms with Crippen LogP contribution in [0.4, 0.5) is 0 Å². The molecule has 0 unspecified atom stereocenters. The number of likely N-dealkylation sites (N-methyl/N-ethyl adjacent to an activating group) is 1. The Morgan fingerprint density at radius 2 is 1.86 bits per heavy atom. The SMILES string of the molecule is CN(C)C(=O)Cc1nc(O)cc(O)n1. The number of aromatic nitrogens is 2. The molecule has 1 rings (SSSR count). The van der Waals surface area contributed by atoms with Crippen LogP contribution < -0.4 is 0 Å². The summed E-state index contributed by atoms with van der Waals surface area (Å²) in [7, 11) is 3.20. The molecule has 0 aromatic carbocycles. The van der Waals surface area contributed by atoms with Crippen LogP contribution in [0.1, 0.15) is 5.82 Å². The summed E-state index contributed by atoms with van der Waals surface area (Å²) < 4.78 is 0. The molecule has 0 bridgehead atoms. The average Bonchev–Trinajstić information content (AvgIpc) is 2.01. The number of hydrogen-bond acceptors (Lipinski definition) is 5. The van der Waals surface area contributed by atoms with Crippen LogP contribution in [0.3, 0.4) is 0 Å². The molecule has 2 N–H and O–H groups in total. The van der Waals surface area contributed by atoms with Crippen molar-refractivity contribution in [1.29, 1.82) is 0 Å². The minimum atomic E-state index is -0.348. The highest BCUT2D eigenvalue weighted by molar-refractivity contribution is 5.77. The second-order valence-corrected chi connectivity index (χ2v) is 2.97. The Kier molecular flexibility index (Phi) is 2.85. The maximum Gasteiger partial charge on any atom is 0.229 e. The van der Waals surface area contributed by atoms with Crippen LogP contribution in [0.25, 0.3) is 0 Å². The monoisotopic (exact) mass is 197 g/mol. The normalized spacial score (nSPS) is 9.86. The molecule has 76 valence electrons. The van der Waals surface area contributed by atoms with E-state index >= 15 is 0 Å². The topological polar surface area (TPSA) is 86.6 Å². The summed E-state index contributed by atoms with van der Waals surface area (Å²) in [4.78, 5) is 19.8. The van der Waals surface area contributed by atoms with Gasteiger partial charge in [0.05, 0.1) is 12.5 Å². The van der Waals surface area contributed by atoms with Crippen LogP contribution in [-0.4, -0.2) is 45.1 Å². The van der Waals surface area contributed by atoms with Crippen LogP contribution >= 0.6 is 0 Å². The highest BCUT2D eigenvalue weighted by atomic mass is 16.3. The van der Waals surface area contributed by atoms with Crippen molar-refractivity contribution in [2.45, 2.75) is 6.42 Å². The van der Waals surface area contributed by atoms with Gasteiger partial charge >= 0.3 is 0 Å². The predicted octanol–water partition coefficient (Wildman–Crippen LogP) is -0.482. The minimum Gasteiger partial charge on any atom is -0.493 e. The molecule has 1 aromatic heterocycles. The first-order chi connectivity index (χ1) is 6.49. The van der Waals surface area contributed by atoms with E-state index in [-0.39, 0.29) is 29.9 Å². The second kappa shape index (κ2) is 3.91. The fourth-order valence-corrected chi connectivity index (χ4v) is 0.842. The lowest BCUT2D eigenvalue weighted by Crippen LogP contribution is -2.24. The zero-order valence-corrected chi connectivity index (χ0v) is 7.93. The Morgan fingerprint density at radius 1 is 1.36 bits per heavy atom. The largest absolute Gasteiger partial charge is 0.493 e. The van der Waals surface area contributed by atoms with Gasteiger partial charge in [0.2, 0.25) is 17.7 Å². The standard InChI is InChI=1S/C8H11N3O3/c1-11(2)8(14)3-5-9-6(12)4-7(13)10-5/h4H,3H2,1-2H3,(H2,9,10,12,13). The summed E-state index contributed by atoms with van der Waals surface area (Å²) in [6.07, 6.45) is -0.0467. The Morgan fingerprint density at radius 3 is 2.29 bits per heavy atom. The van der Waals surface area contributed by atoms with Crippen molar-refractivity contribution in [1.82, 2.24) is 14.9 Å². The first kappa shape index (κ1) is 10.2. The van der Waals surface area contributed by atoms with Crippen molar-refractivity contribution in [3.63, 3.8) is 0 Å². The van der Waals surface area contributed by atoms with Gasteiger partial charge in [-0.2, -0.15) is 9.97 Å². The van der Waals surface area contributed by atoms with Gasteiger partial charge in [-0.15, -0.1) is 0 Å². The van der Waals surface area contributed by atoms with Crippen LogP contribution in [0.15, 0.2) is 6.07 Å². The van der Waals surface area contributed by atoms with Crippen LogP contribution in [0.5, 0.6) is 11.8 Å². The van der Waals surface area contributed by atoms with Gasteiger partial charge < -0.3 is 15.1 Å². The maximum absolute atomic E-state index is 11.2.